The molecule has 0 bridgehead atoms. The van der Waals surface area contributed by atoms with Crippen molar-refractivity contribution in [1.29, 1.82) is 0 Å². The van der Waals surface area contributed by atoms with E-state index in [1.807, 2.05) is 6.07 Å². The SMILES string of the molecule is COc1ccc2c(c1)CCCC2NC(=O)[C@@H]1CC[C@H](CN)O1.Cl. The first-order chi connectivity index (χ1) is 10.7. The van der Waals surface area contributed by atoms with Crippen molar-refractivity contribution < 1.29 is 14.3 Å². The third kappa shape index (κ3) is 3.97. The number of benzene rings is 1. The van der Waals surface area contributed by atoms with Crippen LogP contribution in [0.5, 0.6) is 5.75 Å². The number of nitrogens with two attached hydrogens (primary N) is 1. The van der Waals surface area contributed by atoms with Gasteiger partial charge in [0.05, 0.1) is 19.3 Å². The molecular weight excluding hydrogens is 316 g/mol. The highest BCUT2D eigenvalue weighted by Crippen LogP contribution is 2.32. The van der Waals surface area contributed by atoms with E-state index in [0.717, 1.165) is 37.9 Å². The second-order valence-corrected chi connectivity index (χ2v) is 6.08. The van der Waals surface area contributed by atoms with Gasteiger partial charge in [-0.05, 0) is 55.4 Å². The fourth-order valence-electron chi connectivity index (χ4n) is 3.40. The van der Waals surface area contributed by atoms with Gasteiger partial charge in [-0.1, -0.05) is 6.07 Å². The Bertz CT molecular complexity index is 553. The molecule has 1 aliphatic heterocycles. The molecule has 1 amide bonds. The first-order valence-corrected chi connectivity index (χ1v) is 8.04. The van der Waals surface area contributed by atoms with Crippen molar-refractivity contribution in [2.45, 2.75) is 50.4 Å². The lowest BCUT2D eigenvalue weighted by molar-refractivity contribution is -0.132. The molecule has 5 nitrogen and oxygen atoms in total. The highest BCUT2D eigenvalue weighted by Gasteiger charge is 2.32. The normalized spacial score (nSPS) is 26.1. The van der Waals surface area contributed by atoms with Gasteiger partial charge in [-0.25, -0.2) is 0 Å². The van der Waals surface area contributed by atoms with Gasteiger partial charge in [0.25, 0.3) is 0 Å². The summed E-state index contributed by atoms with van der Waals surface area (Å²) in [6.07, 6.45) is 4.38. The Hall–Kier alpha value is -1.30. The Morgan fingerprint density at radius 3 is 2.91 bits per heavy atom. The summed E-state index contributed by atoms with van der Waals surface area (Å²) >= 11 is 0. The fraction of sp³-hybridized carbons (Fsp3) is 0.588. The Labute approximate surface area is 143 Å². The van der Waals surface area contributed by atoms with Crippen LogP contribution in [-0.4, -0.2) is 31.8 Å². The first kappa shape index (κ1) is 18.0. The highest BCUT2D eigenvalue weighted by molar-refractivity contribution is 5.85. The lowest BCUT2D eigenvalue weighted by atomic mass is 9.87. The molecule has 0 aromatic heterocycles. The molecule has 1 saturated heterocycles. The third-order valence-electron chi connectivity index (χ3n) is 4.64. The number of hydrogen-bond donors (Lipinski definition) is 2. The number of aryl methyl sites for hydroxylation is 1. The van der Waals surface area contributed by atoms with Gasteiger partial charge in [0.2, 0.25) is 5.91 Å². The Kier molecular flexibility index (Phi) is 6.27. The van der Waals surface area contributed by atoms with Gasteiger partial charge in [0, 0.05) is 6.54 Å². The minimum atomic E-state index is -0.350. The van der Waals surface area contributed by atoms with Crippen molar-refractivity contribution in [1.82, 2.24) is 5.32 Å². The molecule has 3 N–H and O–H groups in total. The van der Waals surface area contributed by atoms with Gasteiger partial charge >= 0.3 is 0 Å². The fourth-order valence-corrected chi connectivity index (χ4v) is 3.40. The van der Waals surface area contributed by atoms with Crippen LogP contribution in [0.25, 0.3) is 0 Å². The van der Waals surface area contributed by atoms with Gasteiger partial charge < -0.3 is 20.5 Å². The summed E-state index contributed by atoms with van der Waals surface area (Å²) in [7, 11) is 1.68. The molecule has 0 radical (unpaired) electrons. The van der Waals surface area contributed by atoms with E-state index in [0.29, 0.717) is 6.54 Å². The minimum absolute atomic E-state index is 0. The van der Waals surface area contributed by atoms with Gasteiger partial charge in [-0.2, -0.15) is 0 Å². The lowest BCUT2D eigenvalue weighted by Gasteiger charge is -2.27. The van der Waals surface area contributed by atoms with Gasteiger partial charge in [-0.3, -0.25) is 4.79 Å². The van der Waals surface area contributed by atoms with Gasteiger partial charge in [0.1, 0.15) is 11.9 Å². The lowest BCUT2D eigenvalue weighted by Crippen LogP contribution is -2.38. The average Bonchev–Trinajstić information content (AvgIpc) is 3.03. The first-order valence-electron chi connectivity index (χ1n) is 8.04. The summed E-state index contributed by atoms with van der Waals surface area (Å²) < 4.78 is 11.0. The van der Waals surface area contributed by atoms with Crippen LogP contribution >= 0.6 is 12.4 Å². The van der Waals surface area contributed by atoms with Crippen LogP contribution < -0.4 is 15.8 Å². The zero-order valence-electron chi connectivity index (χ0n) is 13.4. The van der Waals surface area contributed by atoms with Crippen LogP contribution in [0, 0.1) is 0 Å². The Balaban J connectivity index is 0.00000192. The summed E-state index contributed by atoms with van der Waals surface area (Å²) in [5.41, 5.74) is 8.07. The predicted molar refractivity (Wildman–Crippen MR) is 91.0 cm³/mol. The summed E-state index contributed by atoms with van der Waals surface area (Å²) in [4.78, 5) is 12.4. The van der Waals surface area contributed by atoms with E-state index in [9.17, 15) is 4.79 Å². The average molecular weight is 341 g/mol. The summed E-state index contributed by atoms with van der Waals surface area (Å²) in [5, 5.41) is 3.15. The molecule has 0 saturated carbocycles. The van der Waals surface area contributed by atoms with E-state index >= 15 is 0 Å². The van der Waals surface area contributed by atoms with Gasteiger partial charge in [-0.15, -0.1) is 12.4 Å². The molecule has 23 heavy (non-hydrogen) atoms. The molecule has 1 heterocycles. The number of nitrogens with one attached hydrogen (secondary N) is 1. The molecule has 1 unspecified atom stereocenters. The molecule has 128 valence electrons. The second-order valence-electron chi connectivity index (χ2n) is 6.08. The van der Waals surface area contributed by atoms with Crippen LogP contribution in [0.15, 0.2) is 18.2 Å². The van der Waals surface area contributed by atoms with Crippen molar-refractivity contribution in [3.8, 4) is 5.75 Å². The van der Waals surface area contributed by atoms with E-state index in [1.54, 1.807) is 7.11 Å². The van der Waals surface area contributed by atoms with Crippen molar-refractivity contribution in [3.63, 3.8) is 0 Å². The number of carbonyl (C=O) groups is 1. The van der Waals surface area contributed by atoms with Crippen LogP contribution in [-0.2, 0) is 16.0 Å². The second kappa shape index (κ2) is 7.99. The summed E-state index contributed by atoms with van der Waals surface area (Å²) in [5.74, 6) is 0.861. The number of ether oxygens (including phenoxy) is 2. The number of rotatable bonds is 4. The van der Waals surface area contributed by atoms with Crippen molar-refractivity contribution in [2.75, 3.05) is 13.7 Å². The largest absolute Gasteiger partial charge is 0.497 e. The maximum atomic E-state index is 12.4. The number of halogens is 1. The van der Waals surface area contributed by atoms with E-state index < -0.39 is 0 Å². The number of methoxy groups -OCH3 is 1. The maximum absolute atomic E-state index is 12.4. The number of carbonyl (C=O) groups excluding carboxylic acids is 1. The molecule has 3 atom stereocenters. The topological polar surface area (TPSA) is 73.6 Å². The number of amides is 1. The minimum Gasteiger partial charge on any atom is -0.497 e. The molecular formula is C17H25ClN2O3. The number of hydrogen-bond acceptors (Lipinski definition) is 4. The van der Waals surface area contributed by atoms with E-state index in [2.05, 4.69) is 17.4 Å². The zero-order valence-corrected chi connectivity index (χ0v) is 14.2. The van der Waals surface area contributed by atoms with Crippen LogP contribution in [0.2, 0.25) is 0 Å². The quantitative estimate of drug-likeness (QED) is 0.880. The van der Waals surface area contributed by atoms with Crippen molar-refractivity contribution in [2.24, 2.45) is 5.73 Å². The van der Waals surface area contributed by atoms with E-state index in [1.165, 1.54) is 11.1 Å². The maximum Gasteiger partial charge on any atom is 0.249 e. The predicted octanol–water partition coefficient (Wildman–Crippen LogP) is 2.12. The molecule has 6 heteroatoms. The van der Waals surface area contributed by atoms with Crippen LogP contribution in [0.4, 0.5) is 0 Å². The molecule has 3 rings (SSSR count). The van der Waals surface area contributed by atoms with E-state index in [4.69, 9.17) is 15.2 Å². The smallest absolute Gasteiger partial charge is 0.249 e. The Morgan fingerprint density at radius 2 is 2.22 bits per heavy atom. The molecule has 1 aromatic carbocycles. The molecule has 0 spiro atoms. The van der Waals surface area contributed by atoms with Crippen LogP contribution in [0.3, 0.4) is 0 Å². The monoisotopic (exact) mass is 340 g/mol. The standard InChI is InChI=1S/C17H24N2O3.ClH/c1-21-12-5-7-14-11(9-12)3-2-4-15(14)19-17(20)16-8-6-13(10-18)22-16;/h5,7,9,13,15-16H,2-4,6,8,10,18H2,1H3,(H,19,20);1H/t13-,15?,16+;/m1./s1. The number of fused-ring (bicyclic) bond motifs is 1. The molecule has 2 aliphatic rings. The summed E-state index contributed by atoms with van der Waals surface area (Å²) in [6, 6.07) is 6.17. The molecule has 1 fully saturated rings. The molecule has 1 aliphatic carbocycles. The zero-order chi connectivity index (χ0) is 15.5. The molecule has 1 aromatic rings. The van der Waals surface area contributed by atoms with Gasteiger partial charge in [0.15, 0.2) is 0 Å². The summed E-state index contributed by atoms with van der Waals surface area (Å²) in [6.45, 7) is 0.482. The highest BCUT2D eigenvalue weighted by atomic mass is 35.5. The van der Waals surface area contributed by atoms with Crippen LogP contribution in [0.1, 0.15) is 42.9 Å². The Morgan fingerprint density at radius 1 is 1.39 bits per heavy atom. The van der Waals surface area contributed by atoms with E-state index in [-0.39, 0.29) is 36.6 Å². The van der Waals surface area contributed by atoms with Crippen molar-refractivity contribution >= 4 is 18.3 Å². The third-order valence-corrected chi connectivity index (χ3v) is 4.64. The van der Waals surface area contributed by atoms with Crippen molar-refractivity contribution in [3.05, 3.63) is 29.3 Å².